The molecule has 0 spiro atoms. The maximum Gasteiger partial charge on any atom is 0.129 e. The average molecular weight is 296 g/mol. The lowest BCUT2D eigenvalue weighted by Crippen LogP contribution is -2.59. The minimum Gasteiger partial charge on any atom is -0.390 e. The summed E-state index contributed by atoms with van der Waals surface area (Å²) in [6.45, 7) is 5.51. The molecule has 2 unspecified atom stereocenters. The number of piperazine rings is 1. The maximum atomic E-state index is 9.32. The summed E-state index contributed by atoms with van der Waals surface area (Å²) in [6, 6.07) is 4.91. The lowest BCUT2D eigenvalue weighted by molar-refractivity contribution is 0.115. The molecule has 110 valence electrons. The van der Waals surface area contributed by atoms with Crippen molar-refractivity contribution >= 4 is 17.4 Å². The van der Waals surface area contributed by atoms with Crippen LogP contribution in [0.2, 0.25) is 5.02 Å². The summed E-state index contributed by atoms with van der Waals surface area (Å²) < 4.78 is 0. The number of hydrogen-bond donors (Lipinski definition) is 1. The Morgan fingerprint density at radius 2 is 2.20 bits per heavy atom. The molecule has 20 heavy (non-hydrogen) atoms. The van der Waals surface area contributed by atoms with Gasteiger partial charge < -0.3 is 10.0 Å². The second-order valence-electron chi connectivity index (χ2n) is 5.90. The summed E-state index contributed by atoms with van der Waals surface area (Å²) in [5, 5.41) is 9.86. The number of aromatic nitrogens is 1. The van der Waals surface area contributed by atoms with Crippen molar-refractivity contribution in [2.75, 3.05) is 24.5 Å². The van der Waals surface area contributed by atoms with Gasteiger partial charge in [-0.25, -0.2) is 4.98 Å². The highest BCUT2D eigenvalue weighted by Gasteiger charge is 2.33. The summed E-state index contributed by atoms with van der Waals surface area (Å²) in [5.74, 6) is 0.941. The van der Waals surface area contributed by atoms with E-state index in [1.54, 1.807) is 0 Å². The van der Waals surface area contributed by atoms with Crippen LogP contribution in [0.5, 0.6) is 0 Å². The fourth-order valence-corrected chi connectivity index (χ4v) is 3.58. The van der Waals surface area contributed by atoms with Crippen molar-refractivity contribution in [1.29, 1.82) is 0 Å². The Morgan fingerprint density at radius 1 is 1.35 bits per heavy atom. The van der Waals surface area contributed by atoms with Crippen molar-refractivity contribution in [3.05, 3.63) is 22.8 Å². The van der Waals surface area contributed by atoms with Crippen molar-refractivity contribution in [2.24, 2.45) is 0 Å². The molecular weight excluding hydrogens is 274 g/mol. The molecular formula is C15H22ClN3O. The van der Waals surface area contributed by atoms with Crippen LogP contribution in [0.15, 0.2) is 12.1 Å². The molecule has 0 amide bonds. The molecule has 3 heterocycles. The number of nitrogens with zero attached hydrogens (tertiary/aromatic N) is 3. The van der Waals surface area contributed by atoms with E-state index >= 15 is 0 Å². The SMILES string of the molecule is CC1CN2CCCCC2CN1c1ccc(Cl)c(CO)n1. The molecule has 2 aliphatic heterocycles. The summed E-state index contributed by atoms with van der Waals surface area (Å²) in [4.78, 5) is 9.51. The predicted molar refractivity (Wildman–Crippen MR) is 81.2 cm³/mol. The molecule has 2 saturated heterocycles. The van der Waals surface area contributed by atoms with Crippen LogP contribution >= 0.6 is 11.6 Å². The van der Waals surface area contributed by atoms with Gasteiger partial charge in [-0.2, -0.15) is 0 Å². The molecule has 0 aliphatic carbocycles. The molecule has 4 nitrogen and oxygen atoms in total. The molecule has 0 saturated carbocycles. The van der Waals surface area contributed by atoms with Gasteiger partial charge in [-0.15, -0.1) is 0 Å². The van der Waals surface area contributed by atoms with Gasteiger partial charge in [0, 0.05) is 25.2 Å². The van der Waals surface area contributed by atoms with Gasteiger partial charge in [0.2, 0.25) is 0 Å². The molecule has 0 bridgehead atoms. The summed E-state index contributed by atoms with van der Waals surface area (Å²) >= 11 is 6.03. The van der Waals surface area contributed by atoms with E-state index in [-0.39, 0.29) is 6.61 Å². The number of rotatable bonds is 2. The van der Waals surface area contributed by atoms with Gasteiger partial charge in [-0.3, -0.25) is 4.90 Å². The zero-order valence-electron chi connectivity index (χ0n) is 11.9. The van der Waals surface area contributed by atoms with Gasteiger partial charge in [-0.1, -0.05) is 18.0 Å². The predicted octanol–water partition coefficient (Wildman–Crippen LogP) is 2.29. The number of halogens is 1. The van der Waals surface area contributed by atoms with E-state index in [0.717, 1.165) is 18.9 Å². The Kier molecular flexibility index (Phi) is 4.15. The normalized spacial score (nSPS) is 27.4. The Hall–Kier alpha value is -0.840. The van der Waals surface area contributed by atoms with E-state index in [9.17, 15) is 5.11 Å². The first kappa shape index (κ1) is 14.1. The van der Waals surface area contributed by atoms with Crippen molar-refractivity contribution in [1.82, 2.24) is 9.88 Å². The van der Waals surface area contributed by atoms with Crippen LogP contribution in [0.1, 0.15) is 31.9 Å². The first-order valence-corrected chi connectivity index (χ1v) is 7.84. The fourth-order valence-electron chi connectivity index (χ4n) is 3.42. The third-order valence-corrected chi connectivity index (χ3v) is 4.88. The highest BCUT2D eigenvalue weighted by atomic mass is 35.5. The van der Waals surface area contributed by atoms with E-state index in [1.165, 1.54) is 25.8 Å². The van der Waals surface area contributed by atoms with Crippen molar-refractivity contribution in [3.8, 4) is 0 Å². The lowest BCUT2D eigenvalue weighted by Gasteiger charge is -2.48. The average Bonchev–Trinajstić information content (AvgIpc) is 2.47. The molecule has 0 aromatic carbocycles. The highest BCUT2D eigenvalue weighted by Crippen LogP contribution is 2.28. The number of pyridine rings is 1. The first-order valence-electron chi connectivity index (χ1n) is 7.46. The van der Waals surface area contributed by atoms with Gasteiger partial charge in [0.1, 0.15) is 5.82 Å². The Morgan fingerprint density at radius 3 is 3.00 bits per heavy atom. The van der Waals surface area contributed by atoms with Crippen LogP contribution in [0.25, 0.3) is 0 Å². The molecule has 2 aliphatic rings. The van der Waals surface area contributed by atoms with Gasteiger partial charge in [-0.05, 0) is 38.4 Å². The third kappa shape index (κ3) is 2.65. The summed E-state index contributed by atoms with van der Waals surface area (Å²) in [6.07, 6.45) is 3.94. The van der Waals surface area contributed by atoms with Crippen molar-refractivity contribution in [3.63, 3.8) is 0 Å². The first-order chi connectivity index (χ1) is 9.69. The fraction of sp³-hybridized carbons (Fsp3) is 0.667. The standard InChI is InChI=1S/C15H22ClN3O/c1-11-8-18-7-3-2-4-12(18)9-19(11)15-6-5-13(16)14(10-20)17-15/h5-6,11-12,20H,2-4,7-10H2,1H3. The van der Waals surface area contributed by atoms with E-state index < -0.39 is 0 Å². The van der Waals surface area contributed by atoms with E-state index in [4.69, 9.17) is 11.6 Å². The van der Waals surface area contributed by atoms with E-state index in [2.05, 4.69) is 21.7 Å². The van der Waals surface area contributed by atoms with Crippen molar-refractivity contribution in [2.45, 2.75) is 44.9 Å². The van der Waals surface area contributed by atoms with Gasteiger partial charge in [0.25, 0.3) is 0 Å². The molecule has 1 aromatic heterocycles. The second-order valence-corrected chi connectivity index (χ2v) is 6.31. The van der Waals surface area contributed by atoms with Crippen LogP contribution in [0, 0.1) is 0 Å². The van der Waals surface area contributed by atoms with Crippen LogP contribution in [0.4, 0.5) is 5.82 Å². The number of anilines is 1. The maximum absolute atomic E-state index is 9.32. The summed E-state index contributed by atoms with van der Waals surface area (Å²) in [7, 11) is 0. The Bertz CT molecular complexity index is 482. The number of fused-ring (bicyclic) bond motifs is 1. The van der Waals surface area contributed by atoms with Crippen molar-refractivity contribution < 1.29 is 5.11 Å². The molecule has 2 atom stereocenters. The Balaban J connectivity index is 1.82. The van der Waals surface area contributed by atoms with Crippen LogP contribution in [0.3, 0.4) is 0 Å². The van der Waals surface area contributed by atoms with Gasteiger partial charge in [0.15, 0.2) is 0 Å². The lowest BCUT2D eigenvalue weighted by atomic mass is 9.97. The minimum absolute atomic E-state index is 0.107. The smallest absolute Gasteiger partial charge is 0.129 e. The molecule has 2 fully saturated rings. The van der Waals surface area contributed by atoms with E-state index in [0.29, 0.717) is 22.8 Å². The zero-order valence-corrected chi connectivity index (χ0v) is 12.7. The molecule has 1 N–H and O–H groups in total. The molecule has 1 aromatic rings. The third-order valence-electron chi connectivity index (χ3n) is 4.54. The Labute approximate surface area is 125 Å². The minimum atomic E-state index is -0.107. The molecule has 5 heteroatoms. The van der Waals surface area contributed by atoms with Crippen LogP contribution in [-0.4, -0.2) is 46.7 Å². The van der Waals surface area contributed by atoms with Gasteiger partial charge >= 0.3 is 0 Å². The molecule has 3 rings (SSSR count). The topological polar surface area (TPSA) is 39.6 Å². The summed E-state index contributed by atoms with van der Waals surface area (Å²) in [5.41, 5.74) is 0.572. The largest absolute Gasteiger partial charge is 0.390 e. The number of aliphatic hydroxyl groups excluding tert-OH is 1. The number of piperidine rings is 1. The molecule has 0 radical (unpaired) electrons. The zero-order chi connectivity index (χ0) is 14.1. The highest BCUT2D eigenvalue weighted by molar-refractivity contribution is 6.31. The van der Waals surface area contributed by atoms with Gasteiger partial charge in [0.05, 0.1) is 17.3 Å². The second kappa shape index (κ2) is 5.88. The van der Waals surface area contributed by atoms with Crippen LogP contribution < -0.4 is 4.90 Å². The quantitative estimate of drug-likeness (QED) is 0.909. The monoisotopic (exact) mass is 295 g/mol. The number of hydrogen-bond acceptors (Lipinski definition) is 4. The van der Waals surface area contributed by atoms with E-state index in [1.807, 2.05) is 12.1 Å². The van der Waals surface area contributed by atoms with Crippen LogP contribution in [-0.2, 0) is 6.61 Å². The number of aliphatic hydroxyl groups is 1.